The van der Waals surface area contributed by atoms with Crippen molar-refractivity contribution in [2.45, 2.75) is 39.5 Å². The highest BCUT2D eigenvalue weighted by Gasteiger charge is 2.13. The lowest BCUT2D eigenvalue weighted by Crippen LogP contribution is -1.96. The molecule has 1 heteroatoms. The van der Waals surface area contributed by atoms with E-state index in [0.29, 0.717) is 0 Å². The summed E-state index contributed by atoms with van der Waals surface area (Å²) in [7, 11) is 0. The van der Waals surface area contributed by atoms with Gasteiger partial charge < -0.3 is 0 Å². The Labute approximate surface area is 181 Å². The summed E-state index contributed by atoms with van der Waals surface area (Å²) in [6.45, 7) is 7.56. The molecule has 5 aromatic rings. The van der Waals surface area contributed by atoms with E-state index >= 15 is 0 Å². The molecule has 148 valence electrons. The van der Waals surface area contributed by atoms with Crippen molar-refractivity contribution in [1.82, 2.24) is 4.98 Å². The third-order valence-corrected chi connectivity index (χ3v) is 6.03. The summed E-state index contributed by atoms with van der Waals surface area (Å²) in [5.74, 6) is -1.52. The SMILES string of the molecule is [2H]C(C)(C)c1cc(-c2nccc3c2ccc2c4ccccc4ccc32)cc(C([2H])(C)C)c1. The topological polar surface area (TPSA) is 12.9 Å². The standard InChI is InChI=1S/C29H27N/c1-18(2)21-15-22(19(3)4)17-23(16-21)29-28-12-11-25-24-8-6-5-7-20(24)9-10-26(25)27(28)13-14-30-29/h5-19H,1-4H3/i18D,19D. The molecule has 0 bridgehead atoms. The van der Waals surface area contributed by atoms with E-state index in [1.165, 1.54) is 26.9 Å². The zero-order valence-electron chi connectivity index (χ0n) is 20.0. The minimum atomic E-state index is -0.758. The first-order chi connectivity index (χ1) is 15.1. The Morgan fingerprint density at radius 1 is 0.633 bits per heavy atom. The van der Waals surface area contributed by atoms with Gasteiger partial charge in [0.25, 0.3) is 0 Å². The van der Waals surface area contributed by atoms with E-state index in [2.05, 4.69) is 66.7 Å². The highest BCUT2D eigenvalue weighted by Crippen LogP contribution is 2.36. The predicted octanol–water partition coefficient (Wildman–Crippen LogP) is 8.46. The van der Waals surface area contributed by atoms with Crippen LogP contribution >= 0.6 is 0 Å². The fourth-order valence-corrected chi connectivity index (χ4v) is 4.33. The first-order valence-electron chi connectivity index (χ1n) is 11.5. The number of nitrogens with zero attached hydrogens (tertiary/aromatic N) is 1. The van der Waals surface area contributed by atoms with Gasteiger partial charge in [-0.15, -0.1) is 0 Å². The molecule has 0 atom stereocenters. The molecule has 0 aliphatic carbocycles. The lowest BCUT2D eigenvalue weighted by Gasteiger charge is -2.16. The highest BCUT2D eigenvalue weighted by atomic mass is 14.7. The first-order valence-corrected chi connectivity index (χ1v) is 10.5. The van der Waals surface area contributed by atoms with Gasteiger partial charge in [-0.1, -0.05) is 82.3 Å². The van der Waals surface area contributed by atoms with Gasteiger partial charge in [-0.25, -0.2) is 0 Å². The second kappa shape index (κ2) is 7.25. The van der Waals surface area contributed by atoms with Crippen molar-refractivity contribution in [3.8, 4) is 11.3 Å². The number of hydrogen-bond acceptors (Lipinski definition) is 1. The van der Waals surface area contributed by atoms with Crippen LogP contribution in [-0.2, 0) is 0 Å². The minimum absolute atomic E-state index is 0.758. The molecular weight excluding hydrogens is 362 g/mol. The number of pyridine rings is 1. The van der Waals surface area contributed by atoms with Gasteiger partial charge in [0.15, 0.2) is 0 Å². The smallest absolute Gasteiger partial charge is 0.0780 e. The molecule has 0 unspecified atom stereocenters. The fraction of sp³-hybridized carbons (Fsp3) is 0.207. The molecule has 1 nitrogen and oxygen atoms in total. The second-order valence-corrected chi connectivity index (χ2v) is 8.50. The average molecular weight is 392 g/mol. The van der Waals surface area contributed by atoms with Crippen LogP contribution in [-0.4, -0.2) is 4.98 Å². The van der Waals surface area contributed by atoms with Crippen molar-refractivity contribution in [2.24, 2.45) is 0 Å². The maximum atomic E-state index is 8.60. The van der Waals surface area contributed by atoms with Gasteiger partial charge in [-0.3, -0.25) is 4.98 Å². The van der Waals surface area contributed by atoms with Gasteiger partial charge in [-0.2, -0.15) is 0 Å². The lowest BCUT2D eigenvalue weighted by atomic mass is 9.90. The zero-order chi connectivity index (χ0) is 22.7. The van der Waals surface area contributed by atoms with E-state index < -0.39 is 11.8 Å². The fourth-order valence-electron chi connectivity index (χ4n) is 4.33. The number of rotatable bonds is 3. The van der Waals surface area contributed by atoms with Crippen LogP contribution in [0.25, 0.3) is 43.6 Å². The van der Waals surface area contributed by atoms with E-state index in [0.717, 1.165) is 27.8 Å². The minimum Gasteiger partial charge on any atom is -0.256 e. The van der Waals surface area contributed by atoms with Crippen LogP contribution in [0, 0.1) is 0 Å². The van der Waals surface area contributed by atoms with Crippen molar-refractivity contribution in [2.75, 3.05) is 0 Å². The van der Waals surface area contributed by atoms with Crippen LogP contribution in [0.4, 0.5) is 0 Å². The zero-order valence-corrected chi connectivity index (χ0v) is 18.0. The molecule has 0 spiro atoms. The molecule has 1 aromatic heterocycles. The van der Waals surface area contributed by atoms with E-state index in [-0.39, 0.29) is 0 Å². The molecule has 0 aliphatic heterocycles. The van der Waals surface area contributed by atoms with Crippen LogP contribution in [0.15, 0.2) is 79.0 Å². The van der Waals surface area contributed by atoms with Gasteiger partial charge in [0, 0.05) is 19.9 Å². The quantitative estimate of drug-likeness (QED) is 0.281. The summed E-state index contributed by atoms with van der Waals surface area (Å²) in [6.07, 6.45) is 1.87. The molecule has 0 saturated heterocycles. The van der Waals surface area contributed by atoms with E-state index in [1.54, 1.807) is 0 Å². The highest BCUT2D eigenvalue weighted by molar-refractivity contribution is 6.18. The molecule has 30 heavy (non-hydrogen) atoms. The summed E-state index contributed by atoms with van der Waals surface area (Å²) >= 11 is 0. The second-order valence-electron chi connectivity index (χ2n) is 8.50. The van der Waals surface area contributed by atoms with Crippen molar-refractivity contribution in [3.05, 3.63) is 90.1 Å². The van der Waals surface area contributed by atoms with Crippen molar-refractivity contribution in [1.29, 1.82) is 0 Å². The van der Waals surface area contributed by atoms with Crippen LogP contribution in [0.5, 0.6) is 0 Å². The van der Waals surface area contributed by atoms with E-state index in [4.69, 9.17) is 7.73 Å². The molecule has 5 rings (SSSR count). The van der Waals surface area contributed by atoms with Gasteiger partial charge >= 0.3 is 0 Å². The molecule has 0 radical (unpaired) electrons. The normalized spacial score (nSPS) is 13.6. The summed E-state index contributed by atoms with van der Waals surface area (Å²) in [5, 5.41) is 7.19. The molecular formula is C29H27N. The monoisotopic (exact) mass is 391 g/mol. The van der Waals surface area contributed by atoms with Gasteiger partial charge in [0.2, 0.25) is 0 Å². The van der Waals surface area contributed by atoms with Crippen LogP contribution in [0.3, 0.4) is 0 Å². The Kier molecular flexibility index (Phi) is 4.01. The van der Waals surface area contributed by atoms with E-state index in [9.17, 15) is 0 Å². The predicted molar refractivity (Wildman–Crippen MR) is 130 cm³/mol. The summed E-state index contributed by atoms with van der Waals surface area (Å²) in [5.41, 5.74) is 3.66. The molecule has 0 saturated carbocycles. The summed E-state index contributed by atoms with van der Waals surface area (Å²) in [6, 6.07) is 25.4. The Balaban J connectivity index is 1.82. The van der Waals surface area contributed by atoms with Crippen molar-refractivity contribution < 1.29 is 2.74 Å². The van der Waals surface area contributed by atoms with Crippen molar-refractivity contribution >= 4 is 32.3 Å². The first kappa shape index (κ1) is 16.6. The number of benzene rings is 4. The maximum Gasteiger partial charge on any atom is 0.0780 e. The number of aromatic nitrogens is 1. The maximum absolute atomic E-state index is 8.60. The largest absolute Gasteiger partial charge is 0.256 e. The number of fused-ring (bicyclic) bond motifs is 5. The lowest BCUT2D eigenvalue weighted by molar-refractivity contribution is 0.834. The Morgan fingerprint density at radius 2 is 1.23 bits per heavy atom. The van der Waals surface area contributed by atoms with E-state index in [1.807, 2.05) is 40.0 Å². The van der Waals surface area contributed by atoms with Gasteiger partial charge in [0.1, 0.15) is 0 Å². The van der Waals surface area contributed by atoms with Crippen LogP contribution < -0.4 is 0 Å². The van der Waals surface area contributed by atoms with Gasteiger partial charge in [-0.05, 0) is 68.0 Å². The van der Waals surface area contributed by atoms with Crippen LogP contribution in [0.2, 0.25) is 0 Å². The van der Waals surface area contributed by atoms with Gasteiger partial charge in [0.05, 0.1) is 5.69 Å². The molecule has 0 fully saturated rings. The molecule has 0 aliphatic rings. The number of hydrogen-bond donors (Lipinski definition) is 0. The summed E-state index contributed by atoms with van der Waals surface area (Å²) in [4.78, 5) is 4.77. The van der Waals surface area contributed by atoms with Crippen molar-refractivity contribution in [3.63, 3.8) is 0 Å². The molecule has 4 aromatic carbocycles. The molecule has 1 heterocycles. The third kappa shape index (κ3) is 3.06. The Hall–Kier alpha value is -3.19. The third-order valence-electron chi connectivity index (χ3n) is 6.03. The average Bonchev–Trinajstić information content (AvgIpc) is 2.76. The van der Waals surface area contributed by atoms with Crippen LogP contribution in [0.1, 0.15) is 53.4 Å². The molecule has 0 N–H and O–H groups in total. The Bertz CT molecular complexity index is 1450. The molecule has 0 amide bonds. The Morgan fingerprint density at radius 3 is 1.97 bits per heavy atom. The summed E-state index contributed by atoms with van der Waals surface area (Å²) < 4.78 is 17.2.